The van der Waals surface area contributed by atoms with Gasteiger partial charge in [-0.2, -0.15) is 0 Å². The van der Waals surface area contributed by atoms with Crippen LogP contribution in [0.15, 0.2) is 24.3 Å². The molecular formula is C16H23NO2. The van der Waals surface area contributed by atoms with Crippen molar-refractivity contribution in [3.8, 4) is 0 Å². The normalized spacial score (nSPS) is 20.9. The molecule has 1 fully saturated rings. The van der Waals surface area contributed by atoms with Gasteiger partial charge < -0.3 is 10.0 Å². The second kappa shape index (κ2) is 5.74. The summed E-state index contributed by atoms with van der Waals surface area (Å²) in [5.41, 5.74) is 2.00. The van der Waals surface area contributed by atoms with Crippen LogP contribution in [0.4, 0.5) is 0 Å². The summed E-state index contributed by atoms with van der Waals surface area (Å²) < 4.78 is 0. The van der Waals surface area contributed by atoms with Crippen molar-refractivity contribution in [1.29, 1.82) is 0 Å². The van der Waals surface area contributed by atoms with Crippen LogP contribution >= 0.6 is 0 Å². The molecule has 0 spiro atoms. The number of likely N-dealkylation sites (tertiary alicyclic amines) is 1. The Morgan fingerprint density at radius 3 is 2.37 bits per heavy atom. The van der Waals surface area contributed by atoms with E-state index in [2.05, 4.69) is 13.8 Å². The summed E-state index contributed by atoms with van der Waals surface area (Å²) in [5.74, 6) is 0.785. The van der Waals surface area contributed by atoms with Crippen LogP contribution in [0.3, 0.4) is 0 Å². The molecule has 0 saturated carbocycles. The number of aliphatic hydroxyl groups excluding tert-OH is 1. The minimum absolute atomic E-state index is 0.0819. The Kier molecular flexibility index (Phi) is 4.25. The van der Waals surface area contributed by atoms with Crippen LogP contribution in [-0.2, 0) is 0 Å². The van der Waals surface area contributed by atoms with Gasteiger partial charge in [0, 0.05) is 24.6 Å². The van der Waals surface area contributed by atoms with E-state index in [0.717, 1.165) is 18.5 Å². The molecule has 0 radical (unpaired) electrons. The van der Waals surface area contributed by atoms with E-state index in [0.29, 0.717) is 12.5 Å². The number of nitrogens with zero attached hydrogens (tertiary/aromatic N) is 1. The topological polar surface area (TPSA) is 40.5 Å². The van der Waals surface area contributed by atoms with E-state index in [1.807, 2.05) is 29.2 Å². The highest BCUT2D eigenvalue weighted by atomic mass is 16.3. The summed E-state index contributed by atoms with van der Waals surface area (Å²) in [6.45, 7) is 7.51. The number of hydrogen-bond donors (Lipinski definition) is 1. The molecule has 19 heavy (non-hydrogen) atoms. The average Bonchev–Trinajstić information content (AvgIpc) is 2.87. The third kappa shape index (κ3) is 3.16. The van der Waals surface area contributed by atoms with Crippen molar-refractivity contribution in [3.05, 3.63) is 35.4 Å². The minimum Gasteiger partial charge on any atom is -0.393 e. The number of hydrogen-bond acceptors (Lipinski definition) is 2. The average molecular weight is 261 g/mol. The first-order valence-corrected chi connectivity index (χ1v) is 7.06. The minimum atomic E-state index is -0.332. The lowest BCUT2D eigenvalue weighted by Gasteiger charge is -2.18. The van der Waals surface area contributed by atoms with Gasteiger partial charge in [0.1, 0.15) is 0 Å². The van der Waals surface area contributed by atoms with Gasteiger partial charge in [0.25, 0.3) is 5.91 Å². The highest BCUT2D eigenvalue weighted by Crippen LogP contribution is 2.22. The van der Waals surface area contributed by atoms with E-state index in [1.165, 1.54) is 5.56 Å². The summed E-state index contributed by atoms with van der Waals surface area (Å²) >= 11 is 0. The molecule has 1 aromatic carbocycles. The quantitative estimate of drug-likeness (QED) is 0.908. The van der Waals surface area contributed by atoms with Crippen molar-refractivity contribution in [2.45, 2.75) is 39.2 Å². The number of carbonyl (C=O) groups is 1. The molecule has 3 nitrogen and oxygen atoms in total. The Morgan fingerprint density at radius 2 is 1.89 bits per heavy atom. The van der Waals surface area contributed by atoms with Crippen molar-refractivity contribution >= 4 is 5.91 Å². The number of carbonyl (C=O) groups excluding carboxylic acids is 1. The molecule has 0 aromatic heterocycles. The standard InChI is InChI=1S/C16H23NO2/c1-11(2)13-4-6-14(7-5-13)16(19)17-9-8-15(10-17)12(3)18/h4-7,11-12,15,18H,8-10H2,1-3H3. The van der Waals surface area contributed by atoms with E-state index in [4.69, 9.17) is 0 Å². The molecule has 1 N–H and O–H groups in total. The van der Waals surface area contributed by atoms with Crippen molar-refractivity contribution in [3.63, 3.8) is 0 Å². The Morgan fingerprint density at radius 1 is 1.26 bits per heavy atom. The van der Waals surface area contributed by atoms with Gasteiger partial charge in [-0.25, -0.2) is 0 Å². The molecule has 0 aliphatic carbocycles. The first-order chi connectivity index (χ1) is 8.99. The summed E-state index contributed by atoms with van der Waals surface area (Å²) in [4.78, 5) is 14.2. The van der Waals surface area contributed by atoms with Crippen LogP contribution in [0.25, 0.3) is 0 Å². The molecule has 1 amide bonds. The van der Waals surface area contributed by atoms with Crippen molar-refractivity contribution < 1.29 is 9.90 Å². The first kappa shape index (κ1) is 14.1. The summed E-state index contributed by atoms with van der Waals surface area (Å²) in [6, 6.07) is 7.88. The lowest BCUT2D eigenvalue weighted by atomic mass is 10.0. The van der Waals surface area contributed by atoms with Crippen LogP contribution in [0, 0.1) is 5.92 Å². The van der Waals surface area contributed by atoms with Crippen molar-refractivity contribution in [2.75, 3.05) is 13.1 Å². The van der Waals surface area contributed by atoms with Gasteiger partial charge in [0.2, 0.25) is 0 Å². The van der Waals surface area contributed by atoms with Gasteiger partial charge in [0.05, 0.1) is 6.10 Å². The Labute approximate surface area is 115 Å². The maximum Gasteiger partial charge on any atom is 0.253 e. The van der Waals surface area contributed by atoms with E-state index in [9.17, 15) is 9.90 Å². The maximum absolute atomic E-state index is 12.3. The zero-order valence-corrected chi connectivity index (χ0v) is 12.0. The van der Waals surface area contributed by atoms with Crippen LogP contribution < -0.4 is 0 Å². The maximum atomic E-state index is 12.3. The van der Waals surface area contributed by atoms with Crippen LogP contribution in [0.2, 0.25) is 0 Å². The molecule has 1 saturated heterocycles. The van der Waals surface area contributed by atoms with Crippen LogP contribution in [0.5, 0.6) is 0 Å². The lowest BCUT2D eigenvalue weighted by Crippen LogP contribution is -2.30. The highest BCUT2D eigenvalue weighted by Gasteiger charge is 2.29. The molecule has 1 aromatic rings. The summed E-state index contributed by atoms with van der Waals surface area (Å²) in [7, 11) is 0. The van der Waals surface area contributed by atoms with Gasteiger partial charge in [-0.3, -0.25) is 4.79 Å². The number of rotatable bonds is 3. The SMILES string of the molecule is CC(C)c1ccc(C(=O)N2CCC(C(C)O)C2)cc1. The third-order valence-electron chi connectivity index (χ3n) is 4.02. The molecule has 1 aliphatic heterocycles. The van der Waals surface area contributed by atoms with Gasteiger partial charge in [-0.15, -0.1) is 0 Å². The Bertz CT molecular complexity index is 437. The van der Waals surface area contributed by atoms with Gasteiger partial charge >= 0.3 is 0 Å². The zero-order chi connectivity index (χ0) is 14.0. The second-order valence-corrected chi connectivity index (χ2v) is 5.82. The molecular weight excluding hydrogens is 238 g/mol. The lowest BCUT2D eigenvalue weighted by molar-refractivity contribution is 0.0762. The van der Waals surface area contributed by atoms with Gasteiger partial charge in [-0.05, 0) is 37.0 Å². The molecule has 1 aliphatic rings. The molecule has 104 valence electrons. The molecule has 2 unspecified atom stereocenters. The van der Waals surface area contributed by atoms with E-state index in [1.54, 1.807) is 6.92 Å². The van der Waals surface area contributed by atoms with E-state index in [-0.39, 0.29) is 17.9 Å². The molecule has 2 atom stereocenters. The molecule has 0 bridgehead atoms. The summed E-state index contributed by atoms with van der Waals surface area (Å²) in [5, 5.41) is 9.58. The smallest absolute Gasteiger partial charge is 0.253 e. The fourth-order valence-electron chi connectivity index (χ4n) is 2.56. The number of amides is 1. The predicted octanol–water partition coefficient (Wildman–Crippen LogP) is 2.65. The number of benzene rings is 1. The van der Waals surface area contributed by atoms with Gasteiger partial charge in [-0.1, -0.05) is 26.0 Å². The van der Waals surface area contributed by atoms with Crippen LogP contribution in [0.1, 0.15) is 49.0 Å². The monoisotopic (exact) mass is 261 g/mol. The highest BCUT2D eigenvalue weighted by molar-refractivity contribution is 5.94. The van der Waals surface area contributed by atoms with Crippen molar-refractivity contribution in [1.82, 2.24) is 4.90 Å². The Hall–Kier alpha value is -1.35. The third-order valence-corrected chi connectivity index (χ3v) is 4.02. The van der Waals surface area contributed by atoms with Gasteiger partial charge in [0.15, 0.2) is 0 Å². The largest absolute Gasteiger partial charge is 0.393 e. The Balaban J connectivity index is 2.04. The van der Waals surface area contributed by atoms with Crippen LogP contribution in [-0.4, -0.2) is 35.1 Å². The van der Waals surface area contributed by atoms with E-state index >= 15 is 0 Å². The fourth-order valence-corrected chi connectivity index (χ4v) is 2.56. The predicted molar refractivity (Wildman–Crippen MR) is 76.2 cm³/mol. The molecule has 1 heterocycles. The molecule has 3 heteroatoms. The summed E-state index contributed by atoms with van der Waals surface area (Å²) in [6.07, 6.45) is 0.564. The van der Waals surface area contributed by atoms with Crippen molar-refractivity contribution in [2.24, 2.45) is 5.92 Å². The van der Waals surface area contributed by atoms with E-state index < -0.39 is 0 Å². The molecule has 2 rings (SSSR count). The zero-order valence-electron chi connectivity index (χ0n) is 12.0. The fraction of sp³-hybridized carbons (Fsp3) is 0.562. The second-order valence-electron chi connectivity index (χ2n) is 5.82. The first-order valence-electron chi connectivity index (χ1n) is 7.06. The number of aliphatic hydroxyl groups is 1.